The molecule has 2 aromatic rings. The van der Waals surface area contributed by atoms with Gasteiger partial charge in [0.25, 0.3) is 0 Å². The summed E-state index contributed by atoms with van der Waals surface area (Å²) in [4.78, 5) is 16.0. The molecule has 0 saturated heterocycles. The zero-order valence-corrected chi connectivity index (χ0v) is 16.9. The first kappa shape index (κ1) is 21.0. The molecule has 0 saturated carbocycles. The van der Waals surface area contributed by atoms with Crippen LogP contribution in [-0.4, -0.2) is 25.5 Å². The lowest BCUT2D eigenvalue weighted by molar-refractivity contribution is -0.120. The minimum atomic E-state index is -0.0721. The van der Waals surface area contributed by atoms with Crippen molar-refractivity contribution in [1.82, 2.24) is 16.0 Å². The first-order valence-corrected chi connectivity index (χ1v) is 7.98. The van der Waals surface area contributed by atoms with Crippen LogP contribution in [-0.2, 0) is 17.9 Å². The molecule has 0 unspecified atom stereocenters. The molecule has 0 atom stereocenters. The van der Waals surface area contributed by atoms with Crippen LogP contribution in [0.2, 0.25) is 0 Å². The quantitative estimate of drug-likeness (QED) is 0.359. The highest BCUT2D eigenvalue weighted by atomic mass is 127. The van der Waals surface area contributed by atoms with Crippen LogP contribution < -0.4 is 16.0 Å². The number of nitrogens with one attached hydrogen (secondary N) is 3. The molecule has 0 bridgehead atoms. The van der Waals surface area contributed by atoms with Gasteiger partial charge in [0.1, 0.15) is 0 Å². The van der Waals surface area contributed by atoms with Crippen molar-refractivity contribution in [2.24, 2.45) is 4.99 Å². The van der Waals surface area contributed by atoms with Crippen molar-refractivity contribution in [3.05, 3.63) is 71.3 Å². The van der Waals surface area contributed by atoms with E-state index in [1.807, 2.05) is 30.3 Å². The van der Waals surface area contributed by atoms with Crippen LogP contribution in [0.3, 0.4) is 0 Å². The Hall–Kier alpha value is -2.09. The third-order valence-corrected chi connectivity index (χ3v) is 3.55. The molecule has 0 radical (unpaired) electrons. The second-order valence-corrected chi connectivity index (χ2v) is 5.53. The average molecular weight is 452 g/mol. The monoisotopic (exact) mass is 452 g/mol. The molecule has 0 aliphatic carbocycles. The van der Waals surface area contributed by atoms with E-state index >= 15 is 0 Å². The number of nitrogens with zero attached hydrogens (tertiary/aromatic N) is 1. The average Bonchev–Trinajstić information content (AvgIpc) is 2.62. The van der Waals surface area contributed by atoms with Gasteiger partial charge in [0.2, 0.25) is 5.91 Å². The molecule has 3 N–H and O–H groups in total. The van der Waals surface area contributed by atoms with Gasteiger partial charge < -0.3 is 16.0 Å². The maximum Gasteiger partial charge on any atom is 0.239 e. The number of amides is 1. The minimum absolute atomic E-state index is 0. The van der Waals surface area contributed by atoms with E-state index < -0.39 is 0 Å². The zero-order valence-electron chi connectivity index (χ0n) is 14.6. The van der Waals surface area contributed by atoms with Crippen molar-refractivity contribution in [2.45, 2.75) is 20.0 Å². The molecule has 0 aromatic heterocycles. The van der Waals surface area contributed by atoms with Crippen LogP contribution in [0.15, 0.2) is 59.6 Å². The molecule has 0 spiro atoms. The number of hydrogen-bond acceptors (Lipinski definition) is 2. The van der Waals surface area contributed by atoms with Crippen molar-refractivity contribution >= 4 is 35.8 Å². The number of halogens is 1. The molecule has 25 heavy (non-hydrogen) atoms. The molecule has 0 fully saturated rings. The van der Waals surface area contributed by atoms with Crippen LogP contribution in [0.25, 0.3) is 0 Å². The van der Waals surface area contributed by atoms with E-state index in [1.54, 1.807) is 7.05 Å². The van der Waals surface area contributed by atoms with Crippen LogP contribution in [0.1, 0.15) is 16.7 Å². The summed E-state index contributed by atoms with van der Waals surface area (Å²) in [5.74, 6) is 0.530. The lowest BCUT2D eigenvalue weighted by Crippen LogP contribution is -2.42. The number of aryl methyl sites for hydroxylation is 1. The van der Waals surface area contributed by atoms with Gasteiger partial charge >= 0.3 is 0 Å². The highest BCUT2D eigenvalue weighted by Gasteiger charge is 2.03. The van der Waals surface area contributed by atoms with Gasteiger partial charge in [-0.3, -0.25) is 9.79 Å². The lowest BCUT2D eigenvalue weighted by atomic mass is 10.1. The van der Waals surface area contributed by atoms with Crippen LogP contribution >= 0.6 is 24.0 Å². The van der Waals surface area contributed by atoms with Gasteiger partial charge in [0.05, 0.1) is 6.54 Å². The van der Waals surface area contributed by atoms with Crippen LogP contribution in [0.4, 0.5) is 0 Å². The molecular weight excluding hydrogens is 427 g/mol. The Morgan fingerprint density at radius 1 is 0.880 bits per heavy atom. The summed E-state index contributed by atoms with van der Waals surface area (Å²) in [5, 5.41) is 9.08. The normalized spacial score (nSPS) is 10.6. The summed E-state index contributed by atoms with van der Waals surface area (Å²) < 4.78 is 0. The smallest absolute Gasteiger partial charge is 0.239 e. The molecule has 1 amide bonds. The second-order valence-electron chi connectivity index (χ2n) is 5.53. The SMILES string of the molecule is CN=C(NCC(=O)NCc1ccccc1)NCc1ccc(C)cc1.I. The molecule has 2 aromatic carbocycles. The minimum Gasteiger partial charge on any atom is -0.352 e. The molecule has 6 heteroatoms. The Balaban J connectivity index is 0.00000312. The van der Waals surface area contributed by atoms with E-state index in [4.69, 9.17) is 0 Å². The maximum absolute atomic E-state index is 11.9. The summed E-state index contributed by atoms with van der Waals surface area (Å²) in [6, 6.07) is 18.1. The van der Waals surface area contributed by atoms with Crippen molar-refractivity contribution in [3.63, 3.8) is 0 Å². The highest BCUT2D eigenvalue weighted by Crippen LogP contribution is 2.02. The lowest BCUT2D eigenvalue weighted by Gasteiger charge is -2.12. The zero-order chi connectivity index (χ0) is 17.2. The topological polar surface area (TPSA) is 65.5 Å². The van der Waals surface area contributed by atoms with Crippen LogP contribution in [0, 0.1) is 6.92 Å². The Labute approximate surface area is 166 Å². The summed E-state index contributed by atoms with van der Waals surface area (Å²) >= 11 is 0. The van der Waals surface area contributed by atoms with Gasteiger partial charge in [-0.05, 0) is 18.1 Å². The molecule has 0 aliphatic rings. The van der Waals surface area contributed by atoms with Crippen molar-refractivity contribution < 1.29 is 4.79 Å². The number of rotatable bonds is 6. The third kappa shape index (κ3) is 8.02. The van der Waals surface area contributed by atoms with Gasteiger partial charge in [0, 0.05) is 20.1 Å². The second kappa shape index (κ2) is 11.5. The van der Waals surface area contributed by atoms with E-state index in [-0.39, 0.29) is 36.4 Å². The molecule has 0 heterocycles. The van der Waals surface area contributed by atoms with Gasteiger partial charge in [0.15, 0.2) is 5.96 Å². The predicted molar refractivity (Wildman–Crippen MR) is 113 cm³/mol. The van der Waals surface area contributed by atoms with Crippen molar-refractivity contribution in [1.29, 1.82) is 0 Å². The fraction of sp³-hybridized carbons (Fsp3) is 0.263. The van der Waals surface area contributed by atoms with Crippen molar-refractivity contribution in [3.8, 4) is 0 Å². The van der Waals surface area contributed by atoms with E-state index in [0.29, 0.717) is 19.0 Å². The summed E-state index contributed by atoms with van der Waals surface area (Å²) in [6.07, 6.45) is 0. The van der Waals surface area contributed by atoms with Crippen molar-refractivity contribution in [2.75, 3.05) is 13.6 Å². The number of carbonyl (C=O) groups is 1. The molecule has 2 rings (SSSR count). The number of guanidine groups is 1. The molecule has 134 valence electrons. The fourth-order valence-electron chi connectivity index (χ4n) is 2.14. The van der Waals surface area contributed by atoms with E-state index in [2.05, 4.69) is 52.1 Å². The number of benzene rings is 2. The Kier molecular flexibility index (Phi) is 9.61. The predicted octanol–water partition coefficient (Wildman–Crippen LogP) is 2.59. The Morgan fingerprint density at radius 3 is 2.12 bits per heavy atom. The Morgan fingerprint density at radius 2 is 1.48 bits per heavy atom. The summed E-state index contributed by atoms with van der Waals surface area (Å²) in [6.45, 7) is 3.43. The fourth-order valence-corrected chi connectivity index (χ4v) is 2.14. The summed E-state index contributed by atoms with van der Waals surface area (Å²) in [5.41, 5.74) is 3.47. The van der Waals surface area contributed by atoms with E-state index in [1.165, 1.54) is 5.56 Å². The van der Waals surface area contributed by atoms with Gasteiger partial charge in [-0.15, -0.1) is 24.0 Å². The van der Waals surface area contributed by atoms with Crippen LogP contribution in [0.5, 0.6) is 0 Å². The molecule has 0 aliphatic heterocycles. The first-order valence-electron chi connectivity index (χ1n) is 7.98. The van der Waals surface area contributed by atoms with E-state index in [9.17, 15) is 4.79 Å². The van der Waals surface area contributed by atoms with Gasteiger partial charge in [-0.2, -0.15) is 0 Å². The summed E-state index contributed by atoms with van der Waals surface area (Å²) in [7, 11) is 1.69. The van der Waals surface area contributed by atoms with Gasteiger partial charge in [-0.1, -0.05) is 60.2 Å². The highest BCUT2D eigenvalue weighted by molar-refractivity contribution is 14.0. The molecular formula is C19H25IN4O. The molecule has 5 nitrogen and oxygen atoms in total. The van der Waals surface area contributed by atoms with Gasteiger partial charge in [-0.25, -0.2) is 0 Å². The Bertz CT molecular complexity index is 672. The maximum atomic E-state index is 11.9. The first-order chi connectivity index (χ1) is 11.7. The third-order valence-electron chi connectivity index (χ3n) is 3.55. The number of carbonyl (C=O) groups excluding carboxylic acids is 1. The largest absolute Gasteiger partial charge is 0.352 e. The number of hydrogen-bond donors (Lipinski definition) is 3. The standard InChI is InChI=1S/C19H24N4O.HI/c1-15-8-10-17(11-9-15)13-22-19(20-2)23-14-18(24)21-12-16-6-4-3-5-7-16;/h3-11H,12-14H2,1-2H3,(H,21,24)(H2,20,22,23);1H. The van der Waals surface area contributed by atoms with E-state index in [0.717, 1.165) is 11.1 Å². The number of aliphatic imine (C=N–C) groups is 1.